The van der Waals surface area contributed by atoms with Crippen LogP contribution in [0.15, 0.2) is 4.79 Å². The SMILES string of the molecule is COC(=O)c1c(C)c(C)c(C)[nH]c1=O.[CH2]=[V]. The van der Waals surface area contributed by atoms with Crippen molar-refractivity contribution >= 4 is 11.2 Å². The van der Waals surface area contributed by atoms with Gasteiger partial charge in [0.15, 0.2) is 0 Å². The number of aromatic amines is 1. The summed E-state index contributed by atoms with van der Waals surface area (Å²) in [6.07, 6.45) is 0. The van der Waals surface area contributed by atoms with Crippen LogP contribution in [0.5, 0.6) is 0 Å². The minimum atomic E-state index is -0.591. The van der Waals surface area contributed by atoms with E-state index >= 15 is 0 Å². The zero-order chi connectivity index (χ0) is 12.9. The molecule has 0 aromatic carbocycles. The van der Waals surface area contributed by atoms with Crippen molar-refractivity contribution in [2.24, 2.45) is 0 Å². The first-order chi connectivity index (χ1) is 7.49. The number of aromatic nitrogens is 1. The molecule has 0 unspecified atom stereocenters. The summed E-state index contributed by atoms with van der Waals surface area (Å²) in [6, 6.07) is 0. The molecular weight excluding hydrogens is 245 g/mol. The minimum absolute atomic E-state index is 0.0931. The molecule has 0 bridgehead atoms. The molecule has 87 valence electrons. The molecule has 4 nitrogen and oxygen atoms in total. The van der Waals surface area contributed by atoms with Crippen LogP contribution in [0.25, 0.3) is 0 Å². The number of methoxy groups -OCH3 is 1. The summed E-state index contributed by atoms with van der Waals surface area (Å²) in [6.45, 7) is 5.39. The first-order valence-corrected chi connectivity index (χ1v) is 5.57. The number of aryl methyl sites for hydroxylation is 1. The Bertz CT molecular complexity index is 451. The van der Waals surface area contributed by atoms with Crippen LogP contribution in [0.1, 0.15) is 27.2 Å². The van der Waals surface area contributed by atoms with Crippen LogP contribution < -0.4 is 5.56 Å². The van der Waals surface area contributed by atoms with Crippen molar-refractivity contribution < 1.29 is 26.5 Å². The van der Waals surface area contributed by atoms with Crippen LogP contribution in [-0.4, -0.2) is 23.3 Å². The Labute approximate surface area is 104 Å². The molecule has 1 rings (SSSR count). The van der Waals surface area contributed by atoms with Gasteiger partial charge in [-0.25, -0.2) is 4.79 Å². The average molecular weight is 260 g/mol. The van der Waals surface area contributed by atoms with E-state index in [9.17, 15) is 9.59 Å². The summed E-state index contributed by atoms with van der Waals surface area (Å²) in [5, 5.41) is 3.19. The Morgan fingerprint density at radius 1 is 1.25 bits per heavy atom. The van der Waals surface area contributed by atoms with Crippen molar-refractivity contribution in [2.75, 3.05) is 7.11 Å². The molecule has 1 heterocycles. The van der Waals surface area contributed by atoms with Crippen LogP contribution in [0.4, 0.5) is 0 Å². The van der Waals surface area contributed by atoms with Gasteiger partial charge >= 0.3 is 28.2 Å². The number of H-pyrrole nitrogens is 1. The third-order valence-corrected chi connectivity index (χ3v) is 2.42. The van der Waals surface area contributed by atoms with E-state index in [2.05, 4.69) is 31.9 Å². The second-order valence-corrected chi connectivity index (χ2v) is 3.20. The molecule has 0 aliphatic heterocycles. The Kier molecular flexibility index (Phi) is 6.00. The molecule has 0 saturated heterocycles. The van der Waals surface area contributed by atoms with Gasteiger partial charge in [0.05, 0.1) is 7.11 Å². The van der Waals surface area contributed by atoms with Gasteiger partial charge in [0, 0.05) is 5.69 Å². The van der Waals surface area contributed by atoms with Gasteiger partial charge in [-0.05, 0) is 31.9 Å². The van der Waals surface area contributed by atoms with E-state index in [4.69, 9.17) is 0 Å². The maximum absolute atomic E-state index is 11.5. The van der Waals surface area contributed by atoms with Gasteiger partial charge in [-0.3, -0.25) is 4.79 Å². The van der Waals surface area contributed by atoms with Gasteiger partial charge in [0.2, 0.25) is 0 Å². The topological polar surface area (TPSA) is 59.2 Å². The van der Waals surface area contributed by atoms with Crippen molar-refractivity contribution in [1.29, 1.82) is 0 Å². The molecule has 5 heteroatoms. The fourth-order valence-corrected chi connectivity index (χ4v) is 1.31. The third kappa shape index (κ3) is 2.93. The van der Waals surface area contributed by atoms with E-state index in [1.54, 1.807) is 13.8 Å². The molecular formula is C11H15NO3V. The number of hydrogen-bond donors (Lipinski definition) is 1. The predicted octanol–water partition coefficient (Wildman–Crippen LogP) is 1.05. The van der Waals surface area contributed by atoms with E-state index in [-0.39, 0.29) is 5.56 Å². The monoisotopic (exact) mass is 260 g/mol. The summed E-state index contributed by atoms with van der Waals surface area (Å²) >= 11 is 2.06. The molecule has 0 radical (unpaired) electrons. The van der Waals surface area contributed by atoms with E-state index in [0.717, 1.165) is 11.3 Å². The summed E-state index contributed by atoms with van der Waals surface area (Å²) in [5.74, 6) is -0.591. The number of carbonyl (C=O) groups excluding carboxylic acids is 1. The second kappa shape index (κ2) is 6.46. The van der Waals surface area contributed by atoms with E-state index in [0.29, 0.717) is 5.56 Å². The van der Waals surface area contributed by atoms with Crippen molar-refractivity contribution in [3.05, 3.63) is 32.7 Å². The number of esters is 1. The van der Waals surface area contributed by atoms with Crippen LogP contribution in [0.3, 0.4) is 0 Å². The Hall–Kier alpha value is -1.13. The fraction of sp³-hybridized carbons (Fsp3) is 0.364. The molecule has 0 aliphatic carbocycles. The fourth-order valence-electron chi connectivity index (χ4n) is 1.31. The molecule has 1 aromatic rings. The number of pyridine rings is 1. The Morgan fingerprint density at radius 3 is 2.19 bits per heavy atom. The van der Waals surface area contributed by atoms with Gasteiger partial charge in [0.1, 0.15) is 5.56 Å². The van der Waals surface area contributed by atoms with Gasteiger partial charge in [-0.15, -0.1) is 0 Å². The maximum atomic E-state index is 11.5. The molecule has 16 heavy (non-hydrogen) atoms. The standard InChI is InChI=1S/C10H13NO3.CH2.V/c1-5-6(2)8(10(13)14-4)9(12)11-7(5)3;;/h1-4H3,(H,11,12);1H2;. The molecule has 0 fully saturated rings. The van der Waals surface area contributed by atoms with Crippen molar-refractivity contribution in [3.63, 3.8) is 0 Å². The molecule has 0 saturated carbocycles. The molecule has 0 amide bonds. The van der Waals surface area contributed by atoms with Gasteiger partial charge < -0.3 is 9.72 Å². The summed E-state index contributed by atoms with van der Waals surface area (Å²) in [7, 11) is 1.26. The van der Waals surface area contributed by atoms with Crippen molar-refractivity contribution in [2.45, 2.75) is 20.8 Å². The summed E-state index contributed by atoms with van der Waals surface area (Å²) in [4.78, 5) is 25.3. The van der Waals surface area contributed by atoms with E-state index in [1.807, 2.05) is 6.92 Å². The van der Waals surface area contributed by atoms with Crippen LogP contribution in [-0.2, 0) is 21.7 Å². The first kappa shape index (κ1) is 14.9. The van der Waals surface area contributed by atoms with Crippen LogP contribution in [0, 0.1) is 20.8 Å². The van der Waals surface area contributed by atoms with Gasteiger partial charge in [0.25, 0.3) is 5.56 Å². The summed E-state index contributed by atoms with van der Waals surface area (Å²) in [5.41, 5.74) is 2.07. The zero-order valence-corrected chi connectivity index (χ0v) is 11.3. The Balaban J connectivity index is 0.00000106. The van der Waals surface area contributed by atoms with Crippen LogP contribution in [0.2, 0.25) is 0 Å². The van der Waals surface area contributed by atoms with E-state index < -0.39 is 11.5 Å². The third-order valence-electron chi connectivity index (χ3n) is 2.42. The second-order valence-electron chi connectivity index (χ2n) is 3.20. The Morgan fingerprint density at radius 2 is 1.75 bits per heavy atom. The molecule has 0 aliphatic rings. The average Bonchev–Trinajstić information content (AvgIpc) is 2.28. The van der Waals surface area contributed by atoms with Crippen LogP contribution >= 0.6 is 0 Å². The first-order valence-electron chi connectivity index (χ1n) is 4.59. The number of hydrogen-bond acceptors (Lipinski definition) is 3. The molecule has 0 spiro atoms. The number of nitrogens with one attached hydrogen (secondary N) is 1. The van der Waals surface area contributed by atoms with E-state index in [1.165, 1.54) is 7.11 Å². The summed E-state index contributed by atoms with van der Waals surface area (Å²) < 4.78 is 4.53. The number of ether oxygens (including phenoxy) is 1. The number of carbonyl (C=O) groups is 1. The molecule has 1 N–H and O–H groups in total. The normalized spacial score (nSPS) is 8.94. The zero-order valence-electron chi connectivity index (χ0n) is 9.88. The van der Waals surface area contributed by atoms with Crippen molar-refractivity contribution in [1.82, 2.24) is 4.98 Å². The molecule has 0 atom stereocenters. The van der Waals surface area contributed by atoms with Crippen molar-refractivity contribution in [3.8, 4) is 0 Å². The van der Waals surface area contributed by atoms with Gasteiger partial charge in [-0.2, -0.15) is 0 Å². The predicted molar refractivity (Wildman–Crippen MR) is 59.7 cm³/mol. The number of rotatable bonds is 1. The quantitative estimate of drug-likeness (QED) is 0.768. The molecule has 1 aromatic heterocycles. The van der Waals surface area contributed by atoms with Gasteiger partial charge in [-0.1, -0.05) is 0 Å².